The van der Waals surface area contributed by atoms with Crippen LogP contribution in [0.25, 0.3) is 0 Å². The summed E-state index contributed by atoms with van der Waals surface area (Å²) in [4.78, 5) is 3.93. The van der Waals surface area contributed by atoms with Gasteiger partial charge < -0.3 is 10.1 Å². The fourth-order valence-corrected chi connectivity index (χ4v) is 1.05. The zero-order valence-electron chi connectivity index (χ0n) is 8.13. The Bertz CT molecular complexity index is 250. The van der Waals surface area contributed by atoms with E-state index in [1.807, 2.05) is 19.9 Å². The zero-order chi connectivity index (χ0) is 9.52. The molecule has 0 amide bonds. The number of rotatable bonds is 5. The molecule has 1 aromatic heterocycles. The number of pyridine rings is 1. The van der Waals surface area contributed by atoms with E-state index in [1.54, 1.807) is 6.20 Å². The van der Waals surface area contributed by atoms with Gasteiger partial charge in [-0.25, -0.2) is 0 Å². The molecule has 0 aliphatic heterocycles. The van der Waals surface area contributed by atoms with Crippen molar-refractivity contribution in [2.45, 2.75) is 20.5 Å². The van der Waals surface area contributed by atoms with Crippen LogP contribution in [-0.2, 0) is 11.3 Å². The van der Waals surface area contributed by atoms with Gasteiger partial charge in [0.05, 0.1) is 12.3 Å². The van der Waals surface area contributed by atoms with E-state index in [9.17, 15) is 0 Å². The van der Waals surface area contributed by atoms with Gasteiger partial charge in [0.25, 0.3) is 0 Å². The predicted octanol–water partition coefficient (Wildman–Crippen LogP) is 1.85. The highest BCUT2D eigenvalue weighted by molar-refractivity contribution is 5.47. The van der Waals surface area contributed by atoms with E-state index in [0.29, 0.717) is 6.61 Å². The van der Waals surface area contributed by atoms with E-state index in [2.05, 4.69) is 16.5 Å². The maximum atomic E-state index is 5.32. The molecule has 1 radical (unpaired) electrons. The summed E-state index contributed by atoms with van der Waals surface area (Å²) in [6.45, 7) is 6.26. The van der Waals surface area contributed by atoms with Gasteiger partial charge in [0.2, 0.25) is 0 Å². The third-order valence-corrected chi connectivity index (χ3v) is 1.66. The van der Waals surface area contributed by atoms with Crippen molar-refractivity contribution in [1.82, 2.24) is 4.98 Å². The van der Waals surface area contributed by atoms with E-state index in [-0.39, 0.29) is 0 Å². The Balaban J connectivity index is 2.66. The molecule has 0 fully saturated rings. The third-order valence-electron chi connectivity index (χ3n) is 1.66. The summed E-state index contributed by atoms with van der Waals surface area (Å²) in [5, 5.41) is 3.19. The Morgan fingerprint density at radius 3 is 3.08 bits per heavy atom. The predicted molar refractivity (Wildman–Crippen MR) is 52.6 cm³/mol. The van der Waals surface area contributed by atoms with Crippen LogP contribution in [0.4, 0.5) is 5.69 Å². The van der Waals surface area contributed by atoms with E-state index in [1.165, 1.54) is 0 Å². The first-order valence-corrected chi connectivity index (χ1v) is 4.55. The summed E-state index contributed by atoms with van der Waals surface area (Å²) >= 11 is 0. The van der Waals surface area contributed by atoms with Crippen molar-refractivity contribution < 1.29 is 4.74 Å². The standard InChI is InChI=1S/C10H15N2O/c1-3-12-10-7-11-6-5-9(10)8-13-4-2/h5-6,12H,3-4,8H2,1-2H3. The molecule has 0 saturated heterocycles. The summed E-state index contributed by atoms with van der Waals surface area (Å²) in [5.74, 6) is 0. The lowest BCUT2D eigenvalue weighted by Crippen LogP contribution is -2.03. The molecular formula is C10H15N2O. The SMILES string of the molecule is CCNc1[c]nccc1COCC. The Labute approximate surface area is 79.1 Å². The number of aromatic nitrogens is 1. The lowest BCUT2D eigenvalue weighted by molar-refractivity contribution is 0.134. The quantitative estimate of drug-likeness (QED) is 0.749. The number of ether oxygens (including phenoxy) is 1. The molecule has 0 bridgehead atoms. The molecule has 3 nitrogen and oxygen atoms in total. The monoisotopic (exact) mass is 179 g/mol. The highest BCUT2D eigenvalue weighted by Gasteiger charge is 2.00. The van der Waals surface area contributed by atoms with Gasteiger partial charge in [0.1, 0.15) is 6.20 Å². The topological polar surface area (TPSA) is 34.2 Å². The van der Waals surface area contributed by atoms with Crippen LogP contribution < -0.4 is 5.32 Å². The van der Waals surface area contributed by atoms with Crippen molar-refractivity contribution in [2.24, 2.45) is 0 Å². The van der Waals surface area contributed by atoms with Crippen LogP contribution in [-0.4, -0.2) is 18.1 Å². The molecule has 0 atom stereocenters. The highest BCUT2D eigenvalue weighted by Crippen LogP contribution is 2.13. The van der Waals surface area contributed by atoms with Crippen LogP contribution in [0.2, 0.25) is 0 Å². The summed E-state index contributed by atoms with van der Waals surface area (Å²) in [6.07, 6.45) is 4.64. The Morgan fingerprint density at radius 1 is 1.54 bits per heavy atom. The second kappa shape index (κ2) is 5.54. The van der Waals surface area contributed by atoms with Crippen LogP contribution >= 0.6 is 0 Å². The fourth-order valence-electron chi connectivity index (χ4n) is 1.05. The van der Waals surface area contributed by atoms with Crippen molar-refractivity contribution in [3.63, 3.8) is 0 Å². The molecule has 1 heterocycles. The molecule has 0 aromatic carbocycles. The second-order valence-corrected chi connectivity index (χ2v) is 2.62. The molecule has 1 aromatic rings. The maximum absolute atomic E-state index is 5.32. The van der Waals surface area contributed by atoms with Crippen molar-refractivity contribution in [2.75, 3.05) is 18.5 Å². The normalized spacial score (nSPS) is 10.0. The molecule has 71 valence electrons. The Morgan fingerprint density at radius 2 is 2.38 bits per heavy atom. The summed E-state index contributed by atoms with van der Waals surface area (Å²) < 4.78 is 5.32. The van der Waals surface area contributed by atoms with Gasteiger partial charge >= 0.3 is 0 Å². The molecule has 0 unspecified atom stereocenters. The first-order valence-electron chi connectivity index (χ1n) is 4.55. The minimum atomic E-state index is 0.623. The van der Waals surface area contributed by atoms with Gasteiger partial charge in [-0.2, -0.15) is 0 Å². The zero-order valence-corrected chi connectivity index (χ0v) is 8.13. The Hall–Kier alpha value is -1.09. The van der Waals surface area contributed by atoms with Crippen molar-refractivity contribution >= 4 is 5.69 Å². The summed E-state index contributed by atoms with van der Waals surface area (Å²) in [7, 11) is 0. The molecule has 0 aliphatic rings. The van der Waals surface area contributed by atoms with Gasteiger partial charge in [-0.3, -0.25) is 4.98 Å². The van der Waals surface area contributed by atoms with Gasteiger partial charge in [-0.15, -0.1) is 0 Å². The number of anilines is 1. The maximum Gasteiger partial charge on any atom is 0.114 e. The number of nitrogens with zero attached hydrogens (tertiary/aromatic N) is 1. The molecule has 13 heavy (non-hydrogen) atoms. The van der Waals surface area contributed by atoms with E-state index in [0.717, 1.165) is 24.4 Å². The molecule has 1 rings (SSSR count). The van der Waals surface area contributed by atoms with Crippen molar-refractivity contribution in [3.8, 4) is 0 Å². The molecule has 0 saturated carbocycles. The fraction of sp³-hybridized carbons (Fsp3) is 0.500. The second-order valence-electron chi connectivity index (χ2n) is 2.62. The van der Waals surface area contributed by atoms with E-state index < -0.39 is 0 Å². The lowest BCUT2D eigenvalue weighted by atomic mass is 10.2. The van der Waals surface area contributed by atoms with Crippen LogP contribution in [0.15, 0.2) is 12.3 Å². The minimum absolute atomic E-state index is 0.623. The smallest absolute Gasteiger partial charge is 0.114 e. The first-order chi connectivity index (χ1) is 6.38. The number of nitrogens with one attached hydrogen (secondary N) is 1. The third kappa shape index (κ3) is 3.03. The van der Waals surface area contributed by atoms with Gasteiger partial charge in [0.15, 0.2) is 0 Å². The largest absolute Gasteiger partial charge is 0.383 e. The summed E-state index contributed by atoms with van der Waals surface area (Å²) in [6, 6.07) is 1.95. The average molecular weight is 179 g/mol. The van der Waals surface area contributed by atoms with Crippen LogP contribution in [0.1, 0.15) is 19.4 Å². The van der Waals surface area contributed by atoms with Gasteiger partial charge in [0, 0.05) is 24.9 Å². The lowest BCUT2D eigenvalue weighted by Gasteiger charge is -2.08. The minimum Gasteiger partial charge on any atom is -0.383 e. The van der Waals surface area contributed by atoms with E-state index in [4.69, 9.17) is 4.74 Å². The molecule has 3 heteroatoms. The van der Waals surface area contributed by atoms with Crippen molar-refractivity contribution in [3.05, 3.63) is 24.0 Å². The molecule has 0 spiro atoms. The van der Waals surface area contributed by atoms with Gasteiger partial charge in [-0.1, -0.05) is 0 Å². The first kappa shape index (κ1) is 9.99. The molecule has 0 aliphatic carbocycles. The van der Waals surface area contributed by atoms with Crippen LogP contribution in [0.3, 0.4) is 0 Å². The van der Waals surface area contributed by atoms with E-state index >= 15 is 0 Å². The van der Waals surface area contributed by atoms with Crippen LogP contribution in [0, 0.1) is 6.20 Å². The number of hydrogen-bond donors (Lipinski definition) is 1. The molecular weight excluding hydrogens is 164 g/mol. The average Bonchev–Trinajstić information content (AvgIpc) is 2.17. The highest BCUT2D eigenvalue weighted by atomic mass is 16.5. The summed E-state index contributed by atoms with van der Waals surface area (Å²) in [5.41, 5.74) is 2.05. The molecule has 1 N–H and O–H groups in total. The van der Waals surface area contributed by atoms with Crippen LogP contribution in [0.5, 0.6) is 0 Å². The van der Waals surface area contributed by atoms with Crippen molar-refractivity contribution in [1.29, 1.82) is 0 Å². The Kier molecular flexibility index (Phi) is 4.26. The van der Waals surface area contributed by atoms with Gasteiger partial charge in [-0.05, 0) is 19.9 Å². The number of hydrogen-bond acceptors (Lipinski definition) is 3.